The first kappa shape index (κ1) is 8.31. The predicted octanol–water partition coefficient (Wildman–Crippen LogP) is 2.45. The van der Waals surface area contributed by atoms with Crippen LogP contribution in [0.2, 0.25) is 0 Å². The molecule has 0 saturated carbocycles. The van der Waals surface area contributed by atoms with Crippen LogP contribution in [0.15, 0.2) is 18.2 Å². The Morgan fingerprint density at radius 3 is 2.92 bits per heavy atom. The first-order valence-corrected chi connectivity index (χ1v) is 4.55. The second kappa shape index (κ2) is 3.22. The van der Waals surface area contributed by atoms with Crippen LogP contribution in [0, 0.1) is 18.8 Å². The second-order valence-corrected chi connectivity index (χ2v) is 3.73. The Morgan fingerprint density at radius 1 is 1.46 bits per heavy atom. The molecule has 0 saturated heterocycles. The van der Waals surface area contributed by atoms with Crippen LogP contribution in [0.5, 0.6) is 0 Å². The number of benzene rings is 1. The lowest BCUT2D eigenvalue weighted by Crippen LogP contribution is -1.78. The minimum Gasteiger partial charge on any atom is -0.206 e. The highest BCUT2D eigenvalue weighted by Crippen LogP contribution is 2.22. The van der Waals surface area contributed by atoms with Crippen molar-refractivity contribution in [3.05, 3.63) is 35.1 Å². The summed E-state index contributed by atoms with van der Waals surface area (Å²) in [5.41, 5.74) is 0.752. The van der Waals surface area contributed by atoms with Gasteiger partial charge in [0.15, 0.2) is 0 Å². The van der Waals surface area contributed by atoms with Crippen molar-refractivity contribution in [2.24, 2.45) is 0 Å². The van der Waals surface area contributed by atoms with Gasteiger partial charge in [-0.25, -0.2) is 4.39 Å². The molecule has 0 bridgehead atoms. The Balaban J connectivity index is 2.46. The number of rotatable bonds is 1. The number of nitrogens with zero attached hydrogens (tertiary/aromatic N) is 2. The van der Waals surface area contributed by atoms with E-state index in [1.165, 1.54) is 17.4 Å². The van der Waals surface area contributed by atoms with Gasteiger partial charge in [0, 0.05) is 11.6 Å². The summed E-state index contributed by atoms with van der Waals surface area (Å²) >= 11 is 1.45. The smallest absolute Gasteiger partial charge is 0.147 e. The summed E-state index contributed by atoms with van der Waals surface area (Å²) < 4.78 is 12.8. The third-order valence-corrected chi connectivity index (χ3v) is 2.43. The summed E-state index contributed by atoms with van der Waals surface area (Å²) in [5, 5.41) is 9.39. The number of halogens is 1. The van der Waals surface area contributed by atoms with Crippen LogP contribution < -0.4 is 0 Å². The molecule has 0 spiro atoms. The van der Waals surface area contributed by atoms with E-state index in [1.807, 2.05) is 6.92 Å². The fourth-order valence-corrected chi connectivity index (χ4v) is 1.67. The summed E-state index contributed by atoms with van der Waals surface area (Å²) in [5.74, 6) is -0.370. The van der Waals surface area contributed by atoms with E-state index in [9.17, 15) is 4.39 Å². The Kier molecular flexibility index (Phi) is 2.06. The first-order valence-electron chi connectivity index (χ1n) is 3.73. The van der Waals surface area contributed by atoms with Crippen molar-refractivity contribution < 1.29 is 4.39 Å². The SMILES string of the molecule is Cc1nnc(-c2cc[c]c(F)c2)s1. The van der Waals surface area contributed by atoms with E-state index in [1.54, 1.807) is 12.1 Å². The summed E-state index contributed by atoms with van der Waals surface area (Å²) in [6, 6.07) is 7.15. The zero-order valence-electron chi connectivity index (χ0n) is 6.91. The van der Waals surface area contributed by atoms with Crippen molar-refractivity contribution >= 4 is 11.3 Å². The Labute approximate surface area is 79.1 Å². The molecule has 2 rings (SSSR count). The molecule has 1 heterocycles. The lowest BCUT2D eigenvalue weighted by molar-refractivity contribution is 0.626. The monoisotopic (exact) mass is 193 g/mol. The van der Waals surface area contributed by atoms with Crippen LogP contribution in [0.4, 0.5) is 4.39 Å². The fraction of sp³-hybridized carbons (Fsp3) is 0.111. The van der Waals surface area contributed by atoms with Crippen molar-refractivity contribution in [1.29, 1.82) is 0 Å². The Morgan fingerprint density at radius 2 is 2.31 bits per heavy atom. The summed E-state index contributed by atoms with van der Waals surface area (Å²) in [6.45, 7) is 1.87. The topological polar surface area (TPSA) is 25.8 Å². The van der Waals surface area contributed by atoms with Crippen LogP contribution >= 0.6 is 11.3 Å². The number of aryl methyl sites for hydroxylation is 1. The first-order chi connectivity index (χ1) is 6.25. The van der Waals surface area contributed by atoms with Gasteiger partial charge in [0.05, 0.1) is 0 Å². The number of hydrogen-bond acceptors (Lipinski definition) is 3. The van der Waals surface area contributed by atoms with Gasteiger partial charge in [-0.1, -0.05) is 23.5 Å². The average molecular weight is 193 g/mol. The van der Waals surface area contributed by atoms with E-state index >= 15 is 0 Å². The number of aromatic nitrogens is 2. The molecule has 4 heteroatoms. The highest BCUT2D eigenvalue weighted by molar-refractivity contribution is 7.14. The standard InChI is InChI=1S/C9H6FN2S/c1-6-11-12-9(13-6)7-3-2-4-8(10)5-7/h2-3,5H,1H3. The van der Waals surface area contributed by atoms with E-state index < -0.39 is 0 Å². The van der Waals surface area contributed by atoms with Gasteiger partial charge in [-0.3, -0.25) is 0 Å². The van der Waals surface area contributed by atoms with E-state index in [4.69, 9.17) is 0 Å². The van der Waals surface area contributed by atoms with Gasteiger partial charge in [0.25, 0.3) is 0 Å². The van der Waals surface area contributed by atoms with Gasteiger partial charge in [0.2, 0.25) is 0 Å². The van der Waals surface area contributed by atoms with Gasteiger partial charge in [-0.05, 0) is 13.0 Å². The highest BCUT2D eigenvalue weighted by Gasteiger charge is 2.03. The molecule has 0 N–H and O–H groups in total. The van der Waals surface area contributed by atoms with Gasteiger partial charge in [-0.2, -0.15) is 0 Å². The maximum atomic E-state index is 12.8. The van der Waals surface area contributed by atoms with Crippen LogP contribution in [-0.2, 0) is 0 Å². The van der Waals surface area contributed by atoms with E-state index in [0.29, 0.717) is 0 Å². The number of hydrogen-bond donors (Lipinski definition) is 0. The molecular weight excluding hydrogens is 187 g/mol. The molecule has 1 radical (unpaired) electrons. The molecule has 0 fully saturated rings. The van der Waals surface area contributed by atoms with Crippen molar-refractivity contribution in [2.75, 3.05) is 0 Å². The van der Waals surface area contributed by atoms with Crippen molar-refractivity contribution in [3.8, 4) is 10.6 Å². The molecule has 0 aliphatic heterocycles. The predicted molar refractivity (Wildman–Crippen MR) is 48.9 cm³/mol. The van der Waals surface area contributed by atoms with Crippen LogP contribution in [0.25, 0.3) is 10.6 Å². The maximum Gasteiger partial charge on any atom is 0.147 e. The van der Waals surface area contributed by atoms with Crippen molar-refractivity contribution in [1.82, 2.24) is 10.2 Å². The molecule has 1 aromatic heterocycles. The Hall–Kier alpha value is -1.29. The average Bonchev–Trinajstić information content (AvgIpc) is 2.52. The molecule has 2 aromatic rings. The summed E-state index contributed by atoms with van der Waals surface area (Å²) in [4.78, 5) is 0. The maximum absolute atomic E-state index is 12.8. The molecule has 0 unspecified atom stereocenters. The van der Waals surface area contributed by atoms with Gasteiger partial charge < -0.3 is 0 Å². The third-order valence-electron chi connectivity index (χ3n) is 1.54. The molecule has 0 amide bonds. The Bertz CT molecular complexity index is 425. The minimum atomic E-state index is -0.370. The van der Waals surface area contributed by atoms with E-state index in [-0.39, 0.29) is 5.82 Å². The molecule has 0 aliphatic rings. The zero-order valence-corrected chi connectivity index (χ0v) is 7.73. The largest absolute Gasteiger partial charge is 0.206 e. The summed E-state index contributed by atoms with van der Waals surface area (Å²) in [7, 11) is 0. The molecule has 65 valence electrons. The lowest BCUT2D eigenvalue weighted by Gasteiger charge is -1.92. The summed E-state index contributed by atoms with van der Waals surface area (Å²) in [6.07, 6.45) is 0. The van der Waals surface area contributed by atoms with E-state index in [0.717, 1.165) is 15.6 Å². The normalized spacial score (nSPS) is 10.3. The van der Waals surface area contributed by atoms with Crippen LogP contribution in [-0.4, -0.2) is 10.2 Å². The van der Waals surface area contributed by atoms with E-state index in [2.05, 4.69) is 16.3 Å². The quantitative estimate of drug-likeness (QED) is 0.695. The molecule has 2 nitrogen and oxygen atoms in total. The zero-order chi connectivity index (χ0) is 9.26. The second-order valence-electron chi connectivity index (χ2n) is 2.55. The van der Waals surface area contributed by atoms with Crippen LogP contribution in [0.3, 0.4) is 0 Å². The van der Waals surface area contributed by atoms with Gasteiger partial charge in [0.1, 0.15) is 15.8 Å². The molecule has 0 atom stereocenters. The molecule has 1 aromatic carbocycles. The van der Waals surface area contributed by atoms with Crippen molar-refractivity contribution in [2.45, 2.75) is 6.92 Å². The van der Waals surface area contributed by atoms with Gasteiger partial charge in [-0.15, -0.1) is 10.2 Å². The highest BCUT2D eigenvalue weighted by atomic mass is 32.1. The molecule has 13 heavy (non-hydrogen) atoms. The van der Waals surface area contributed by atoms with Crippen LogP contribution in [0.1, 0.15) is 5.01 Å². The lowest BCUT2D eigenvalue weighted by atomic mass is 10.2. The third kappa shape index (κ3) is 1.72. The van der Waals surface area contributed by atoms with Crippen molar-refractivity contribution in [3.63, 3.8) is 0 Å². The molecular formula is C9H6FN2S. The molecule has 0 aliphatic carbocycles. The minimum absolute atomic E-state index is 0.370. The van der Waals surface area contributed by atoms with Gasteiger partial charge >= 0.3 is 0 Å². The fourth-order valence-electron chi connectivity index (χ4n) is 0.984.